The average Bonchev–Trinajstić information content (AvgIpc) is 3.51. The number of piperidine rings is 1. The zero-order chi connectivity index (χ0) is 21.7. The minimum absolute atomic E-state index is 0.126. The van der Waals surface area contributed by atoms with Crippen LogP contribution in [0.5, 0.6) is 5.75 Å². The van der Waals surface area contributed by atoms with Crippen LogP contribution in [0.2, 0.25) is 0 Å². The molecule has 0 saturated carbocycles. The predicted molar refractivity (Wildman–Crippen MR) is 128 cm³/mol. The number of fused-ring (bicyclic) bond motifs is 4. The van der Waals surface area contributed by atoms with Crippen molar-refractivity contribution in [1.82, 2.24) is 14.3 Å². The summed E-state index contributed by atoms with van der Waals surface area (Å²) in [6.45, 7) is 0.997. The maximum Gasteiger partial charge on any atom is 0.194 e. The van der Waals surface area contributed by atoms with Crippen LogP contribution in [0.25, 0.3) is 15.5 Å². The Hall–Kier alpha value is -2.19. The van der Waals surface area contributed by atoms with Crippen molar-refractivity contribution in [1.29, 1.82) is 0 Å². The number of aliphatic hydroxyl groups is 1. The Kier molecular flexibility index (Phi) is 3.88. The first-order valence-electron chi connectivity index (χ1n) is 11.2. The number of thiazole rings is 1. The largest absolute Gasteiger partial charge is 0.497 e. The molecule has 164 valence electrons. The lowest BCUT2D eigenvalue weighted by Crippen LogP contribution is -2.73. The third kappa shape index (κ3) is 2.32. The van der Waals surface area contributed by atoms with Crippen LogP contribution in [0.15, 0.2) is 41.9 Å². The third-order valence-corrected chi connectivity index (χ3v) is 10.2. The smallest absolute Gasteiger partial charge is 0.194 e. The first kappa shape index (κ1) is 19.3. The summed E-state index contributed by atoms with van der Waals surface area (Å²) >= 11 is 3.48. The van der Waals surface area contributed by atoms with E-state index in [2.05, 4.69) is 58.3 Å². The summed E-state index contributed by atoms with van der Waals surface area (Å²) in [6, 6.07) is 10.8. The predicted octanol–water partition coefficient (Wildman–Crippen LogP) is 4.16. The summed E-state index contributed by atoms with van der Waals surface area (Å²) in [6.07, 6.45) is 5.55. The number of imidazole rings is 1. The molecule has 0 unspecified atom stereocenters. The second-order valence-electron chi connectivity index (χ2n) is 9.56. The van der Waals surface area contributed by atoms with E-state index in [1.54, 1.807) is 29.8 Å². The van der Waals surface area contributed by atoms with Crippen LogP contribution in [-0.2, 0) is 24.7 Å². The SMILES string of the molecule is COc1ccc2c(c1)[C@]13CCN(C)[C@H](C2)[C@]1(O)Cc1sc2nc(-c4cccs4)cn2c1C3. The van der Waals surface area contributed by atoms with Crippen molar-refractivity contribution in [2.75, 3.05) is 20.7 Å². The highest BCUT2D eigenvalue weighted by Gasteiger charge is 2.64. The van der Waals surface area contributed by atoms with Gasteiger partial charge in [0.25, 0.3) is 0 Å². The van der Waals surface area contributed by atoms with E-state index in [-0.39, 0.29) is 11.5 Å². The van der Waals surface area contributed by atoms with Crippen molar-refractivity contribution in [3.05, 3.63) is 63.6 Å². The number of rotatable bonds is 2. The number of methoxy groups -OCH3 is 1. The van der Waals surface area contributed by atoms with Crippen molar-refractivity contribution in [3.8, 4) is 16.3 Å². The minimum Gasteiger partial charge on any atom is -0.497 e. The molecule has 2 bridgehead atoms. The van der Waals surface area contributed by atoms with Crippen molar-refractivity contribution in [2.45, 2.75) is 42.7 Å². The van der Waals surface area contributed by atoms with Crippen LogP contribution in [0.3, 0.4) is 0 Å². The van der Waals surface area contributed by atoms with Gasteiger partial charge in [-0.25, -0.2) is 4.98 Å². The molecular formula is C25H25N3O2S2. The van der Waals surface area contributed by atoms with Gasteiger partial charge in [-0.1, -0.05) is 12.1 Å². The van der Waals surface area contributed by atoms with Gasteiger partial charge >= 0.3 is 0 Å². The molecule has 1 fully saturated rings. The number of hydrogen-bond acceptors (Lipinski definition) is 6. The molecule has 0 amide bonds. The molecule has 1 N–H and O–H groups in total. The average molecular weight is 464 g/mol. The van der Waals surface area contributed by atoms with E-state index in [1.807, 2.05) is 0 Å². The Morgan fingerprint density at radius 1 is 1.25 bits per heavy atom. The molecule has 1 aromatic carbocycles. The first-order valence-corrected chi connectivity index (χ1v) is 12.9. The molecule has 7 heteroatoms. The molecular weight excluding hydrogens is 438 g/mol. The normalized spacial score (nSPS) is 28.9. The molecule has 5 nitrogen and oxygen atoms in total. The summed E-state index contributed by atoms with van der Waals surface area (Å²) in [7, 11) is 3.90. The quantitative estimate of drug-likeness (QED) is 0.485. The van der Waals surface area contributed by atoms with Crippen LogP contribution in [-0.4, -0.2) is 51.7 Å². The monoisotopic (exact) mass is 463 g/mol. The highest BCUT2D eigenvalue weighted by Crippen LogP contribution is 2.58. The Morgan fingerprint density at radius 3 is 2.97 bits per heavy atom. The van der Waals surface area contributed by atoms with Crippen LogP contribution in [0, 0.1) is 0 Å². The zero-order valence-corrected chi connectivity index (χ0v) is 19.8. The van der Waals surface area contributed by atoms with Crippen molar-refractivity contribution in [2.24, 2.45) is 0 Å². The topological polar surface area (TPSA) is 50.0 Å². The molecule has 4 aromatic rings. The fraction of sp³-hybridized carbons (Fsp3) is 0.400. The van der Waals surface area contributed by atoms with E-state index in [0.29, 0.717) is 6.42 Å². The van der Waals surface area contributed by atoms with Crippen molar-refractivity contribution in [3.63, 3.8) is 0 Å². The number of likely N-dealkylation sites (tertiary alicyclic amines) is 1. The summed E-state index contributed by atoms with van der Waals surface area (Å²) in [5.41, 5.74) is 3.91. The van der Waals surface area contributed by atoms with Crippen molar-refractivity contribution >= 4 is 27.6 Å². The molecule has 2 aliphatic carbocycles. The number of hydrogen-bond donors (Lipinski definition) is 1. The van der Waals surface area contributed by atoms with Gasteiger partial charge in [0.1, 0.15) is 11.4 Å². The van der Waals surface area contributed by atoms with Crippen molar-refractivity contribution < 1.29 is 9.84 Å². The number of benzene rings is 1. The minimum atomic E-state index is -0.786. The summed E-state index contributed by atoms with van der Waals surface area (Å²) in [5, 5.41) is 14.6. The maximum absolute atomic E-state index is 12.5. The fourth-order valence-corrected chi connectivity index (χ4v) is 8.47. The van der Waals surface area contributed by atoms with E-state index in [1.165, 1.54) is 26.6 Å². The van der Waals surface area contributed by atoms with E-state index in [0.717, 1.165) is 42.2 Å². The van der Waals surface area contributed by atoms with Gasteiger partial charge in [-0.15, -0.1) is 22.7 Å². The lowest BCUT2D eigenvalue weighted by Gasteiger charge is -2.62. The summed E-state index contributed by atoms with van der Waals surface area (Å²) in [4.78, 5) is 10.9. The van der Waals surface area contributed by atoms with Crippen LogP contribution in [0.1, 0.15) is 28.1 Å². The van der Waals surface area contributed by atoms with Gasteiger partial charge < -0.3 is 14.7 Å². The first-order chi connectivity index (χ1) is 15.5. The number of likely N-dealkylation sites (N-methyl/N-ethyl adjacent to an activating group) is 1. The summed E-state index contributed by atoms with van der Waals surface area (Å²) in [5.74, 6) is 0.877. The Morgan fingerprint density at radius 2 is 2.16 bits per heavy atom. The third-order valence-electron chi connectivity index (χ3n) is 8.22. The van der Waals surface area contributed by atoms with Gasteiger partial charge in [0.2, 0.25) is 0 Å². The van der Waals surface area contributed by atoms with E-state index in [4.69, 9.17) is 9.72 Å². The molecule has 1 saturated heterocycles. The van der Waals surface area contributed by atoms with Gasteiger partial charge in [-0.2, -0.15) is 0 Å². The molecule has 3 aromatic heterocycles. The van der Waals surface area contributed by atoms with Gasteiger partial charge in [-0.3, -0.25) is 4.40 Å². The second kappa shape index (κ2) is 6.44. The Bertz CT molecular complexity index is 1360. The molecule has 32 heavy (non-hydrogen) atoms. The molecule has 0 radical (unpaired) electrons. The standard InChI is InChI=1S/C25H25N3O2S2/c1-27-8-7-24-12-19-21(32-23-26-18(14-28(19)23)20-4-3-9-31-20)13-25(24,29)22(27)10-15-5-6-16(30-2)11-17(15)24/h3-6,9,11,14,22,29H,7-8,10,12-13H2,1-2H3/t22-,24-,25-/m1/s1. The highest BCUT2D eigenvalue weighted by molar-refractivity contribution is 7.17. The maximum atomic E-state index is 12.5. The molecule has 4 heterocycles. The van der Waals surface area contributed by atoms with Gasteiger partial charge in [0.05, 0.1) is 17.6 Å². The van der Waals surface area contributed by atoms with Crippen LogP contribution in [0.4, 0.5) is 0 Å². The van der Waals surface area contributed by atoms with Gasteiger partial charge in [0, 0.05) is 41.1 Å². The molecule has 1 aliphatic heterocycles. The van der Waals surface area contributed by atoms with Gasteiger partial charge in [-0.05, 0) is 61.1 Å². The number of ether oxygens (including phenoxy) is 1. The molecule has 3 atom stereocenters. The highest BCUT2D eigenvalue weighted by atomic mass is 32.1. The van der Waals surface area contributed by atoms with E-state index < -0.39 is 5.60 Å². The van der Waals surface area contributed by atoms with Crippen LogP contribution < -0.4 is 4.74 Å². The van der Waals surface area contributed by atoms with E-state index in [9.17, 15) is 5.11 Å². The van der Waals surface area contributed by atoms with E-state index >= 15 is 0 Å². The second-order valence-corrected chi connectivity index (χ2v) is 11.6. The fourth-order valence-electron chi connectivity index (χ4n) is 6.58. The lowest BCUT2D eigenvalue weighted by atomic mass is 9.50. The molecule has 0 spiro atoms. The number of nitrogens with zero attached hydrogens (tertiary/aromatic N) is 3. The zero-order valence-electron chi connectivity index (χ0n) is 18.2. The molecule has 3 aliphatic rings. The lowest BCUT2D eigenvalue weighted by molar-refractivity contribution is -0.144. The summed E-state index contributed by atoms with van der Waals surface area (Å²) < 4.78 is 7.91. The van der Waals surface area contributed by atoms with Gasteiger partial charge in [0.15, 0.2) is 4.96 Å². The number of aromatic nitrogens is 2. The van der Waals surface area contributed by atoms with Crippen LogP contribution >= 0.6 is 22.7 Å². The number of thiophene rings is 1. The Balaban J connectivity index is 1.44. The molecule has 7 rings (SSSR count). The Labute approximate surface area is 194 Å².